The Hall–Kier alpha value is -2.44. The number of benzene rings is 2. The third-order valence-electron chi connectivity index (χ3n) is 6.09. The third-order valence-corrected chi connectivity index (χ3v) is 9.05. The maximum Gasteiger partial charge on any atom is 0.260 e. The highest BCUT2D eigenvalue weighted by atomic mass is 35.5. The van der Waals surface area contributed by atoms with Gasteiger partial charge >= 0.3 is 0 Å². The Morgan fingerprint density at radius 1 is 1.03 bits per heavy atom. The van der Waals surface area contributed by atoms with Gasteiger partial charge in [0.05, 0.1) is 15.1 Å². The van der Waals surface area contributed by atoms with Gasteiger partial charge in [-0.05, 0) is 51.2 Å². The summed E-state index contributed by atoms with van der Waals surface area (Å²) in [4.78, 5) is 22.2. The lowest BCUT2D eigenvalue weighted by Gasteiger charge is -2.22. The van der Waals surface area contributed by atoms with E-state index >= 15 is 0 Å². The highest BCUT2D eigenvalue weighted by Gasteiger charge is 2.28. The minimum Gasteiger partial charge on any atom is -0.486 e. The summed E-state index contributed by atoms with van der Waals surface area (Å²) >= 11 is 1.41. The predicted molar refractivity (Wildman–Crippen MR) is 143 cm³/mol. The van der Waals surface area contributed by atoms with Crippen molar-refractivity contribution in [1.29, 1.82) is 0 Å². The fourth-order valence-electron chi connectivity index (χ4n) is 4.16. The Kier molecular flexibility index (Phi) is 8.06. The Morgan fingerprint density at radius 3 is 2.31 bits per heavy atom. The second-order valence-corrected chi connectivity index (χ2v) is 11.8. The lowest BCUT2D eigenvalue weighted by atomic mass is 10.2. The van der Waals surface area contributed by atoms with Crippen molar-refractivity contribution in [2.45, 2.75) is 17.7 Å². The molecule has 3 heterocycles. The van der Waals surface area contributed by atoms with Crippen molar-refractivity contribution in [3.63, 3.8) is 0 Å². The summed E-state index contributed by atoms with van der Waals surface area (Å²) in [6, 6.07) is 9.95. The molecular weight excluding hydrogens is 524 g/mol. The number of aromatic nitrogens is 1. The summed E-state index contributed by atoms with van der Waals surface area (Å²) in [6.07, 6.45) is 1.75. The molecule has 2 aliphatic rings. The zero-order valence-electron chi connectivity index (χ0n) is 20.2. The number of hydrogen-bond donors (Lipinski definition) is 0. The van der Waals surface area contributed by atoms with Crippen LogP contribution < -0.4 is 14.4 Å². The molecule has 1 amide bonds. The summed E-state index contributed by atoms with van der Waals surface area (Å²) < 4.78 is 39.5. The van der Waals surface area contributed by atoms with Gasteiger partial charge in [-0.25, -0.2) is 13.4 Å². The minimum absolute atomic E-state index is 0. The normalized spacial score (nSPS) is 15.8. The number of hydrogen-bond acceptors (Lipinski definition) is 8. The van der Waals surface area contributed by atoms with E-state index in [-0.39, 0.29) is 23.2 Å². The van der Waals surface area contributed by atoms with Crippen LogP contribution >= 0.6 is 23.7 Å². The average molecular weight is 553 g/mol. The zero-order valence-corrected chi connectivity index (χ0v) is 22.6. The summed E-state index contributed by atoms with van der Waals surface area (Å²) in [5, 5.41) is 0.572. The Balaban J connectivity index is 0.00000304. The van der Waals surface area contributed by atoms with Gasteiger partial charge in [0.25, 0.3) is 5.91 Å². The molecule has 2 aromatic carbocycles. The Labute approximate surface area is 221 Å². The number of carbonyl (C=O) groups is 1. The van der Waals surface area contributed by atoms with E-state index in [9.17, 15) is 13.2 Å². The summed E-state index contributed by atoms with van der Waals surface area (Å²) in [5.74, 6) is 1.11. The number of ether oxygens (including phenoxy) is 2. The molecule has 0 N–H and O–H groups in total. The van der Waals surface area contributed by atoms with Crippen LogP contribution in [0.5, 0.6) is 11.5 Å². The molecule has 194 valence electrons. The molecule has 0 radical (unpaired) electrons. The number of carbonyl (C=O) groups excluding carboxylic acids is 1. The summed E-state index contributed by atoms with van der Waals surface area (Å²) in [7, 11) is 0.360. The maximum atomic E-state index is 13.6. The van der Waals surface area contributed by atoms with Crippen LogP contribution in [0, 0.1) is 0 Å². The van der Waals surface area contributed by atoms with Gasteiger partial charge < -0.3 is 14.4 Å². The standard InChI is InChI=1S/C24H28N4O5S2.ClH/c1-26(2)11-12-28(24-25-19-15-20-21(16-22(19)34-24)33-14-13-32-20)23(29)17-5-7-18(8-6-17)35(30,31)27-9-3-4-10-27;/h5-8,15-16H,3-4,9-14H2,1-2H3;1H. The lowest BCUT2D eigenvalue weighted by Crippen LogP contribution is -2.36. The van der Waals surface area contributed by atoms with E-state index in [2.05, 4.69) is 0 Å². The van der Waals surface area contributed by atoms with Crippen LogP contribution in [0.1, 0.15) is 23.2 Å². The quantitative estimate of drug-likeness (QED) is 0.443. The SMILES string of the molecule is CN(C)CCN(C(=O)c1ccc(S(=O)(=O)N2CCCC2)cc1)c1nc2cc3c(cc2s1)OCCO3.Cl. The molecule has 3 aromatic rings. The van der Waals surface area contributed by atoms with Crippen molar-refractivity contribution in [2.24, 2.45) is 0 Å². The van der Waals surface area contributed by atoms with E-state index in [1.54, 1.807) is 17.0 Å². The average Bonchev–Trinajstić information content (AvgIpc) is 3.53. The fourth-order valence-corrected chi connectivity index (χ4v) is 6.67. The number of sulfonamides is 1. The lowest BCUT2D eigenvalue weighted by molar-refractivity contribution is 0.0985. The van der Waals surface area contributed by atoms with Crippen molar-refractivity contribution >= 4 is 55.0 Å². The second kappa shape index (κ2) is 10.9. The van der Waals surface area contributed by atoms with Crippen molar-refractivity contribution in [3.05, 3.63) is 42.0 Å². The largest absolute Gasteiger partial charge is 0.486 e. The number of fused-ring (bicyclic) bond motifs is 2. The molecule has 2 aliphatic heterocycles. The maximum absolute atomic E-state index is 13.6. The molecule has 0 spiro atoms. The third kappa shape index (κ3) is 5.30. The zero-order chi connectivity index (χ0) is 24.6. The first-order valence-electron chi connectivity index (χ1n) is 11.6. The minimum atomic E-state index is -3.53. The van der Waals surface area contributed by atoms with Crippen LogP contribution in [-0.2, 0) is 10.0 Å². The van der Waals surface area contributed by atoms with Gasteiger partial charge in [0.1, 0.15) is 13.2 Å². The van der Waals surface area contributed by atoms with Gasteiger partial charge in [-0.15, -0.1) is 12.4 Å². The highest BCUT2D eigenvalue weighted by molar-refractivity contribution is 7.89. The van der Waals surface area contributed by atoms with Crippen LogP contribution in [-0.4, -0.2) is 82.0 Å². The molecule has 1 aromatic heterocycles. The first-order chi connectivity index (χ1) is 16.8. The van der Waals surface area contributed by atoms with E-state index in [4.69, 9.17) is 14.5 Å². The van der Waals surface area contributed by atoms with Crippen LogP contribution in [0.15, 0.2) is 41.3 Å². The van der Waals surface area contributed by atoms with Crippen molar-refractivity contribution in [2.75, 3.05) is 58.4 Å². The van der Waals surface area contributed by atoms with Gasteiger partial charge in [-0.1, -0.05) is 11.3 Å². The molecule has 0 unspecified atom stereocenters. The second-order valence-electron chi connectivity index (χ2n) is 8.86. The van der Waals surface area contributed by atoms with E-state index in [1.165, 1.54) is 27.8 Å². The molecule has 36 heavy (non-hydrogen) atoms. The predicted octanol–water partition coefficient (Wildman–Crippen LogP) is 3.48. The van der Waals surface area contributed by atoms with E-state index in [1.807, 2.05) is 31.1 Å². The van der Waals surface area contributed by atoms with E-state index in [0.29, 0.717) is 61.6 Å². The van der Waals surface area contributed by atoms with Crippen LogP contribution in [0.25, 0.3) is 10.2 Å². The first-order valence-corrected chi connectivity index (χ1v) is 13.9. The van der Waals surface area contributed by atoms with Crippen molar-refractivity contribution in [1.82, 2.24) is 14.2 Å². The first kappa shape index (κ1) is 26.6. The molecule has 0 atom stereocenters. The van der Waals surface area contributed by atoms with E-state index < -0.39 is 10.0 Å². The smallest absolute Gasteiger partial charge is 0.260 e. The molecule has 12 heteroatoms. The molecule has 1 fully saturated rings. The number of halogens is 1. The Morgan fingerprint density at radius 2 is 1.67 bits per heavy atom. The highest BCUT2D eigenvalue weighted by Crippen LogP contribution is 2.39. The van der Waals surface area contributed by atoms with Crippen LogP contribution in [0.3, 0.4) is 0 Å². The molecule has 0 aliphatic carbocycles. The molecule has 1 saturated heterocycles. The van der Waals surface area contributed by atoms with Crippen LogP contribution in [0.2, 0.25) is 0 Å². The molecule has 0 saturated carbocycles. The van der Waals surface area contributed by atoms with E-state index in [0.717, 1.165) is 23.1 Å². The fraction of sp³-hybridized carbons (Fsp3) is 0.417. The van der Waals surface area contributed by atoms with Gasteiger partial charge in [0, 0.05) is 43.9 Å². The van der Waals surface area contributed by atoms with Gasteiger partial charge in [0.15, 0.2) is 16.6 Å². The molecule has 5 rings (SSSR count). The number of thiazole rings is 1. The number of nitrogens with zero attached hydrogens (tertiary/aromatic N) is 4. The Bertz CT molecular complexity index is 1300. The van der Waals surface area contributed by atoms with Crippen molar-refractivity contribution in [3.8, 4) is 11.5 Å². The number of rotatable bonds is 7. The molecule has 9 nitrogen and oxygen atoms in total. The summed E-state index contributed by atoms with van der Waals surface area (Å²) in [6.45, 7) is 3.16. The topological polar surface area (TPSA) is 92.3 Å². The monoisotopic (exact) mass is 552 g/mol. The summed E-state index contributed by atoms with van der Waals surface area (Å²) in [5.41, 5.74) is 1.15. The number of amides is 1. The number of likely N-dealkylation sites (N-methyl/N-ethyl adjacent to an activating group) is 1. The van der Waals surface area contributed by atoms with Gasteiger partial charge in [-0.3, -0.25) is 9.69 Å². The van der Waals surface area contributed by atoms with Gasteiger partial charge in [0.2, 0.25) is 10.0 Å². The molecule has 0 bridgehead atoms. The van der Waals surface area contributed by atoms with Crippen LogP contribution in [0.4, 0.5) is 5.13 Å². The number of anilines is 1. The van der Waals surface area contributed by atoms with Crippen molar-refractivity contribution < 1.29 is 22.7 Å². The van der Waals surface area contributed by atoms with Gasteiger partial charge in [-0.2, -0.15) is 4.31 Å². The molecular formula is C24H29ClN4O5S2.